The van der Waals surface area contributed by atoms with Crippen LogP contribution in [0.2, 0.25) is 0 Å². The number of benzene rings is 1. The minimum Gasteiger partial charge on any atom is -0.338 e. The molecule has 0 unspecified atom stereocenters. The van der Waals surface area contributed by atoms with Gasteiger partial charge in [-0.15, -0.1) is 0 Å². The Kier molecular flexibility index (Phi) is 5.41. The molecule has 1 fully saturated rings. The van der Waals surface area contributed by atoms with Crippen LogP contribution in [0.25, 0.3) is 0 Å². The van der Waals surface area contributed by atoms with E-state index in [2.05, 4.69) is 5.10 Å². The monoisotopic (exact) mass is 393 g/mol. The molecule has 1 saturated heterocycles. The smallest absolute Gasteiger partial charge is 0.307 e. The lowest BCUT2D eigenvalue weighted by Crippen LogP contribution is -2.54. The van der Waals surface area contributed by atoms with E-state index in [1.54, 1.807) is 24.8 Å². The van der Waals surface area contributed by atoms with Gasteiger partial charge in [-0.25, -0.2) is 8.78 Å². The largest absolute Gasteiger partial charge is 0.338 e. The fourth-order valence-corrected chi connectivity index (χ4v) is 3.22. The highest BCUT2D eigenvalue weighted by molar-refractivity contribution is 5.83. The number of carbonyl (C=O) groups is 1. The number of halogens is 2. The number of hydrogen-bond donors (Lipinski definition) is 0. The van der Waals surface area contributed by atoms with Gasteiger partial charge >= 0.3 is 5.69 Å². The molecule has 3 rings (SSSR count). The van der Waals surface area contributed by atoms with Crippen molar-refractivity contribution in [1.82, 2.24) is 19.6 Å². The van der Waals surface area contributed by atoms with Gasteiger partial charge in [-0.3, -0.25) is 24.5 Å². The van der Waals surface area contributed by atoms with Crippen LogP contribution in [0.5, 0.6) is 0 Å². The van der Waals surface area contributed by atoms with Crippen LogP contribution in [0, 0.1) is 21.7 Å². The summed E-state index contributed by atoms with van der Waals surface area (Å²) in [5.74, 6) is -1.93. The van der Waals surface area contributed by atoms with E-state index < -0.39 is 22.1 Å². The Morgan fingerprint density at radius 3 is 2.54 bits per heavy atom. The highest BCUT2D eigenvalue weighted by Gasteiger charge is 2.36. The van der Waals surface area contributed by atoms with Gasteiger partial charge < -0.3 is 4.90 Å². The van der Waals surface area contributed by atoms with E-state index >= 15 is 0 Å². The lowest BCUT2D eigenvalue weighted by Gasteiger charge is -2.38. The molecule has 0 radical (unpaired) electrons. The molecular weight excluding hydrogens is 372 g/mol. The SMILES string of the molecule is CC(C)(C(=O)N1CCN(Cc2cccc(F)c2F)CC1)n1cc([N+](=O)[O-])cn1. The number of hydrogen-bond acceptors (Lipinski definition) is 5. The van der Waals surface area contributed by atoms with Gasteiger partial charge in [0.05, 0.1) is 4.92 Å². The fourth-order valence-electron chi connectivity index (χ4n) is 3.22. The predicted molar refractivity (Wildman–Crippen MR) is 96.4 cm³/mol. The molecule has 1 amide bonds. The molecule has 2 heterocycles. The molecule has 0 aliphatic carbocycles. The Bertz CT molecular complexity index is 891. The van der Waals surface area contributed by atoms with Gasteiger partial charge in [-0.05, 0) is 19.9 Å². The average molecular weight is 393 g/mol. The molecule has 0 bridgehead atoms. The summed E-state index contributed by atoms with van der Waals surface area (Å²) >= 11 is 0. The van der Waals surface area contributed by atoms with Crippen molar-refractivity contribution in [3.8, 4) is 0 Å². The van der Waals surface area contributed by atoms with Crippen LogP contribution in [0.3, 0.4) is 0 Å². The van der Waals surface area contributed by atoms with Crippen molar-refractivity contribution in [3.63, 3.8) is 0 Å². The second kappa shape index (κ2) is 7.63. The number of piperazine rings is 1. The van der Waals surface area contributed by atoms with Gasteiger partial charge in [0.25, 0.3) is 0 Å². The first-order valence-electron chi connectivity index (χ1n) is 8.84. The van der Waals surface area contributed by atoms with E-state index in [-0.39, 0.29) is 23.7 Å². The molecule has 0 atom stereocenters. The van der Waals surface area contributed by atoms with E-state index in [0.717, 1.165) is 12.3 Å². The third-order valence-electron chi connectivity index (χ3n) is 4.96. The first-order chi connectivity index (χ1) is 13.2. The summed E-state index contributed by atoms with van der Waals surface area (Å²) in [6, 6.07) is 4.10. The zero-order valence-corrected chi connectivity index (χ0v) is 15.6. The van der Waals surface area contributed by atoms with Crippen LogP contribution in [-0.2, 0) is 16.9 Å². The molecule has 0 saturated carbocycles. The second-order valence-corrected chi connectivity index (χ2v) is 7.24. The molecule has 150 valence electrons. The molecule has 8 nitrogen and oxygen atoms in total. The standard InChI is InChI=1S/C18H21F2N5O3/c1-18(2,24-12-14(10-21-24)25(27)28)17(26)23-8-6-22(7-9-23)11-13-4-3-5-15(19)16(13)20/h3-5,10,12H,6-9,11H2,1-2H3. The number of nitro groups is 1. The normalized spacial score (nSPS) is 15.6. The van der Waals surface area contributed by atoms with E-state index in [0.29, 0.717) is 26.2 Å². The Labute approximate surface area is 160 Å². The lowest BCUT2D eigenvalue weighted by atomic mass is 10.0. The molecule has 1 aliphatic heterocycles. The molecule has 0 spiro atoms. The van der Waals surface area contributed by atoms with E-state index in [4.69, 9.17) is 0 Å². The molecule has 28 heavy (non-hydrogen) atoms. The van der Waals surface area contributed by atoms with Crippen LogP contribution in [0.4, 0.5) is 14.5 Å². The Balaban J connectivity index is 1.62. The quantitative estimate of drug-likeness (QED) is 0.574. The first kappa shape index (κ1) is 19.9. The van der Waals surface area contributed by atoms with Crippen LogP contribution in [0.15, 0.2) is 30.6 Å². The molecular formula is C18H21F2N5O3. The highest BCUT2D eigenvalue weighted by atomic mass is 19.2. The summed E-state index contributed by atoms with van der Waals surface area (Å²) in [5, 5.41) is 14.8. The van der Waals surface area contributed by atoms with Crippen molar-refractivity contribution >= 4 is 11.6 Å². The molecule has 10 heteroatoms. The Morgan fingerprint density at radius 1 is 1.25 bits per heavy atom. The molecule has 1 aromatic heterocycles. The topological polar surface area (TPSA) is 84.5 Å². The fraction of sp³-hybridized carbons (Fsp3) is 0.444. The van der Waals surface area contributed by atoms with E-state index in [1.807, 2.05) is 4.90 Å². The van der Waals surface area contributed by atoms with Crippen LogP contribution < -0.4 is 0 Å². The molecule has 0 N–H and O–H groups in total. The van der Waals surface area contributed by atoms with Gasteiger partial charge in [-0.1, -0.05) is 12.1 Å². The van der Waals surface area contributed by atoms with Crippen molar-refractivity contribution in [1.29, 1.82) is 0 Å². The van der Waals surface area contributed by atoms with E-state index in [9.17, 15) is 23.7 Å². The number of nitrogens with zero attached hydrogens (tertiary/aromatic N) is 5. The van der Waals surface area contributed by atoms with Crippen LogP contribution in [0.1, 0.15) is 19.4 Å². The average Bonchev–Trinajstić information content (AvgIpc) is 3.17. The summed E-state index contributed by atoms with van der Waals surface area (Å²) in [5.41, 5.74) is -0.975. The van der Waals surface area contributed by atoms with Crippen LogP contribution >= 0.6 is 0 Å². The number of carbonyl (C=O) groups excluding carboxylic acids is 1. The van der Waals surface area contributed by atoms with Gasteiger partial charge in [0.1, 0.15) is 17.9 Å². The van der Waals surface area contributed by atoms with Gasteiger partial charge in [0, 0.05) is 38.3 Å². The maximum Gasteiger partial charge on any atom is 0.307 e. The van der Waals surface area contributed by atoms with Gasteiger partial charge in [0.2, 0.25) is 5.91 Å². The molecule has 2 aromatic rings. The summed E-state index contributed by atoms with van der Waals surface area (Å²) < 4.78 is 28.5. The third kappa shape index (κ3) is 3.86. The summed E-state index contributed by atoms with van der Waals surface area (Å²) in [6.07, 6.45) is 2.35. The summed E-state index contributed by atoms with van der Waals surface area (Å²) in [6.45, 7) is 5.43. The maximum absolute atomic E-state index is 13.8. The lowest BCUT2D eigenvalue weighted by molar-refractivity contribution is -0.385. The minimum absolute atomic E-state index is 0.178. The number of amides is 1. The van der Waals surface area contributed by atoms with Crippen molar-refractivity contribution in [3.05, 3.63) is 57.9 Å². The molecule has 1 aromatic carbocycles. The number of aromatic nitrogens is 2. The predicted octanol–water partition coefficient (Wildman–Crippen LogP) is 2.15. The van der Waals surface area contributed by atoms with Crippen molar-refractivity contribution in [2.24, 2.45) is 0 Å². The summed E-state index contributed by atoms with van der Waals surface area (Å²) in [7, 11) is 0. The summed E-state index contributed by atoms with van der Waals surface area (Å²) in [4.78, 5) is 26.8. The van der Waals surface area contributed by atoms with E-state index in [1.165, 1.54) is 16.9 Å². The minimum atomic E-state index is -1.08. The van der Waals surface area contributed by atoms with Crippen molar-refractivity contribution in [2.45, 2.75) is 25.9 Å². The maximum atomic E-state index is 13.8. The van der Waals surface area contributed by atoms with Gasteiger partial charge in [0.15, 0.2) is 11.6 Å². The van der Waals surface area contributed by atoms with Crippen molar-refractivity contribution < 1.29 is 18.5 Å². The number of rotatable bonds is 5. The van der Waals surface area contributed by atoms with Gasteiger partial charge in [-0.2, -0.15) is 5.10 Å². The highest BCUT2D eigenvalue weighted by Crippen LogP contribution is 2.22. The zero-order chi connectivity index (χ0) is 20.5. The van der Waals surface area contributed by atoms with Crippen molar-refractivity contribution in [2.75, 3.05) is 26.2 Å². The first-order valence-corrected chi connectivity index (χ1v) is 8.84. The zero-order valence-electron chi connectivity index (χ0n) is 15.6. The van der Waals surface area contributed by atoms with Crippen LogP contribution in [-0.4, -0.2) is 56.6 Å². The third-order valence-corrected chi connectivity index (χ3v) is 4.96. The molecule has 1 aliphatic rings. The Morgan fingerprint density at radius 2 is 1.93 bits per heavy atom. The Hall–Kier alpha value is -2.88. The second-order valence-electron chi connectivity index (χ2n) is 7.24.